The summed E-state index contributed by atoms with van der Waals surface area (Å²) in [5.41, 5.74) is 6.06. The number of carbonyl (C=O) groups is 1. The molecule has 114 valence electrons. The average molecular weight is 368 g/mol. The summed E-state index contributed by atoms with van der Waals surface area (Å²) < 4.78 is 13.5. The van der Waals surface area contributed by atoms with Gasteiger partial charge in [0.25, 0.3) is 0 Å². The number of hydrogen-bond donors (Lipinski definition) is 2. The van der Waals surface area contributed by atoms with Gasteiger partial charge in [-0.05, 0) is 53.4 Å². The highest BCUT2D eigenvalue weighted by molar-refractivity contribution is 9.10. The van der Waals surface area contributed by atoms with Crippen LogP contribution in [0.5, 0.6) is 0 Å². The van der Waals surface area contributed by atoms with Crippen LogP contribution in [0.3, 0.4) is 0 Å². The number of benzene rings is 1. The van der Waals surface area contributed by atoms with Gasteiger partial charge in [-0.15, -0.1) is 12.4 Å². The second-order valence-corrected chi connectivity index (χ2v) is 5.78. The Bertz CT molecular complexity index is 455. The predicted octanol–water partition coefficient (Wildman–Crippen LogP) is 3.19. The highest BCUT2D eigenvalue weighted by atomic mass is 79.9. The Hall–Kier alpha value is -0.650. The van der Waals surface area contributed by atoms with Crippen molar-refractivity contribution < 1.29 is 9.18 Å². The van der Waals surface area contributed by atoms with Gasteiger partial charge in [-0.25, -0.2) is 4.39 Å². The Labute approximate surface area is 134 Å². The molecule has 0 aliphatic heterocycles. The van der Waals surface area contributed by atoms with E-state index in [0.717, 1.165) is 12.0 Å². The van der Waals surface area contributed by atoms with E-state index in [1.807, 2.05) is 6.92 Å². The molecule has 0 radical (unpaired) electrons. The molecule has 6 heteroatoms. The maximum Gasteiger partial charge on any atom is 0.239 e. The van der Waals surface area contributed by atoms with Gasteiger partial charge in [0.1, 0.15) is 5.82 Å². The van der Waals surface area contributed by atoms with Crippen LogP contribution in [-0.4, -0.2) is 18.0 Å². The number of rotatable bonds is 6. The minimum absolute atomic E-state index is 0. The molecular weight excluding hydrogens is 347 g/mol. The fourth-order valence-electron chi connectivity index (χ4n) is 1.85. The van der Waals surface area contributed by atoms with Gasteiger partial charge < -0.3 is 11.1 Å². The van der Waals surface area contributed by atoms with Crippen molar-refractivity contribution >= 4 is 34.2 Å². The number of nitrogens with one attached hydrogen (secondary N) is 1. The van der Waals surface area contributed by atoms with Crippen LogP contribution in [0.2, 0.25) is 0 Å². The summed E-state index contributed by atoms with van der Waals surface area (Å²) in [6.07, 6.45) is 2.17. The maximum atomic E-state index is 13.1. The lowest BCUT2D eigenvalue weighted by atomic mass is 9.96. The summed E-state index contributed by atoms with van der Waals surface area (Å²) in [6, 6.07) is 4.83. The van der Waals surface area contributed by atoms with Crippen molar-refractivity contribution in [1.82, 2.24) is 5.32 Å². The molecule has 20 heavy (non-hydrogen) atoms. The minimum Gasteiger partial charge on any atom is -0.354 e. The Morgan fingerprint density at radius 2 is 2.15 bits per heavy atom. The van der Waals surface area contributed by atoms with E-state index in [-0.39, 0.29) is 24.1 Å². The van der Waals surface area contributed by atoms with Crippen LogP contribution in [0.4, 0.5) is 4.39 Å². The lowest BCUT2D eigenvalue weighted by Crippen LogP contribution is -2.51. The molecule has 3 nitrogen and oxygen atoms in total. The fourth-order valence-corrected chi connectivity index (χ4v) is 2.28. The van der Waals surface area contributed by atoms with Gasteiger partial charge in [-0.1, -0.05) is 19.4 Å². The van der Waals surface area contributed by atoms with Crippen molar-refractivity contribution in [1.29, 1.82) is 0 Å². The molecule has 1 aromatic carbocycles. The van der Waals surface area contributed by atoms with Crippen LogP contribution in [-0.2, 0) is 11.2 Å². The number of carbonyl (C=O) groups excluding carboxylic acids is 1. The lowest BCUT2D eigenvalue weighted by Gasteiger charge is -2.22. The van der Waals surface area contributed by atoms with E-state index in [0.29, 0.717) is 23.9 Å². The van der Waals surface area contributed by atoms with Crippen LogP contribution in [0.1, 0.15) is 32.3 Å². The smallest absolute Gasteiger partial charge is 0.239 e. The van der Waals surface area contributed by atoms with Crippen molar-refractivity contribution in [3.63, 3.8) is 0 Å². The average Bonchev–Trinajstić information content (AvgIpc) is 2.33. The van der Waals surface area contributed by atoms with Crippen molar-refractivity contribution in [2.45, 2.75) is 38.6 Å². The first-order chi connectivity index (χ1) is 8.86. The van der Waals surface area contributed by atoms with Gasteiger partial charge in [0.2, 0.25) is 5.91 Å². The quantitative estimate of drug-likeness (QED) is 0.811. The van der Waals surface area contributed by atoms with E-state index in [1.54, 1.807) is 19.1 Å². The summed E-state index contributed by atoms with van der Waals surface area (Å²) >= 11 is 3.14. The molecule has 0 aliphatic carbocycles. The zero-order chi connectivity index (χ0) is 14.5. The SMILES string of the molecule is CCCC(C)(N)C(=O)NCCc1ccc(F)c(Br)c1.Cl. The van der Waals surface area contributed by atoms with E-state index < -0.39 is 5.54 Å². The molecule has 1 amide bonds. The van der Waals surface area contributed by atoms with E-state index in [1.165, 1.54) is 6.07 Å². The van der Waals surface area contributed by atoms with Gasteiger partial charge in [-0.2, -0.15) is 0 Å². The van der Waals surface area contributed by atoms with Crippen molar-refractivity contribution in [3.05, 3.63) is 34.1 Å². The second kappa shape index (κ2) is 8.60. The minimum atomic E-state index is -0.821. The zero-order valence-corrected chi connectivity index (χ0v) is 14.1. The molecule has 1 aromatic rings. The molecule has 1 rings (SSSR count). The van der Waals surface area contributed by atoms with E-state index >= 15 is 0 Å². The van der Waals surface area contributed by atoms with Crippen LogP contribution in [0, 0.1) is 5.82 Å². The molecule has 3 N–H and O–H groups in total. The first-order valence-corrected chi connectivity index (χ1v) is 7.17. The van der Waals surface area contributed by atoms with Gasteiger partial charge >= 0.3 is 0 Å². The summed E-state index contributed by atoms with van der Waals surface area (Å²) in [5.74, 6) is -0.430. The second-order valence-electron chi connectivity index (χ2n) is 4.92. The van der Waals surface area contributed by atoms with Crippen LogP contribution >= 0.6 is 28.3 Å². The number of nitrogens with two attached hydrogens (primary N) is 1. The Balaban J connectivity index is 0.00000361. The Kier molecular flexibility index (Phi) is 8.32. The molecule has 0 bridgehead atoms. The normalized spacial score (nSPS) is 13.2. The van der Waals surface area contributed by atoms with Crippen LogP contribution in [0.15, 0.2) is 22.7 Å². The Morgan fingerprint density at radius 1 is 1.50 bits per heavy atom. The highest BCUT2D eigenvalue weighted by Crippen LogP contribution is 2.17. The largest absolute Gasteiger partial charge is 0.354 e. The monoisotopic (exact) mass is 366 g/mol. The summed E-state index contributed by atoms with van der Waals surface area (Å²) in [7, 11) is 0. The van der Waals surface area contributed by atoms with Gasteiger partial charge in [0, 0.05) is 6.54 Å². The highest BCUT2D eigenvalue weighted by Gasteiger charge is 2.26. The molecule has 0 saturated carbocycles. The standard InChI is InChI=1S/C14H20BrFN2O.ClH/c1-3-7-14(2,17)13(19)18-8-6-10-4-5-12(16)11(15)9-10;/h4-5,9H,3,6-8,17H2,1-2H3,(H,18,19);1H. The summed E-state index contributed by atoms with van der Waals surface area (Å²) in [4.78, 5) is 11.9. The van der Waals surface area contributed by atoms with Crippen molar-refractivity contribution in [3.8, 4) is 0 Å². The maximum absolute atomic E-state index is 13.1. The summed E-state index contributed by atoms with van der Waals surface area (Å²) in [6.45, 7) is 4.22. The molecule has 0 aliphatic rings. The third-order valence-corrected chi connectivity index (χ3v) is 3.58. The molecule has 0 saturated heterocycles. The molecule has 0 aromatic heterocycles. The number of halogens is 3. The molecule has 0 fully saturated rings. The van der Waals surface area contributed by atoms with E-state index in [4.69, 9.17) is 5.73 Å². The molecule has 0 heterocycles. The lowest BCUT2D eigenvalue weighted by molar-refractivity contribution is -0.126. The molecule has 1 atom stereocenters. The molecular formula is C14H21BrClFN2O. The number of amides is 1. The molecule has 0 spiro atoms. The fraction of sp³-hybridized carbons (Fsp3) is 0.500. The Morgan fingerprint density at radius 3 is 2.70 bits per heavy atom. The predicted molar refractivity (Wildman–Crippen MR) is 85.6 cm³/mol. The first kappa shape index (κ1) is 19.4. The first-order valence-electron chi connectivity index (χ1n) is 6.38. The van der Waals surface area contributed by atoms with Gasteiger partial charge in [0.05, 0.1) is 10.0 Å². The van der Waals surface area contributed by atoms with E-state index in [9.17, 15) is 9.18 Å². The third kappa shape index (κ3) is 5.77. The van der Waals surface area contributed by atoms with E-state index in [2.05, 4.69) is 21.2 Å². The molecule has 1 unspecified atom stereocenters. The van der Waals surface area contributed by atoms with Crippen LogP contribution in [0.25, 0.3) is 0 Å². The van der Waals surface area contributed by atoms with Crippen molar-refractivity contribution in [2.24, 2.45) is 5.73 Å². The van der Waals surface area contributed by atoms with Gasteiger partial charge in [-0.3, -0.25) is 4.79 Å². The topological polar surface area (TPSA) is 55.1 Å². The summed E-state index contributed by atoms with van der Waals surface area (Å²) in [5, 5.41) is 2.82. The van der Waals surface area contributed by atoms with Gasteiger partial charge in [0.15, 0.2) is 0 Å². The van der Waals surface area contributed by atoms with Crippen LogP contribution < -0.4 is 11.1 Å². The number of hydrogen-bond acceptors (Lipinski definition) is 2. The van der Waals surface area contributed by atoms with Crippen molar-refractivity contribution in [2.75, 3.05) is 6.54 Å². The zero-order valence-electron chi connectivity index (χ0n) is 11.7. The third-order valence-electron chi connectivity index (χ3n) is 2.97.